The van der Waals surface area contributed by atoms with Gasteiger partial charge in [-0.3, -0.25) is 9.89 Å². The third-order valence-corrected chi connectivity index (χ3v) is 2.01. The summed E-state index contributed by atoms with van der Waals surface area (Å²) in [7, 11) is 1.58. The number of carbonyl (C=O) groups excluding carboxylic acids is 1. The molecule has 0 saturated carbocycles. The number of hydrogen-bond acceptors (Lipinski definition) is 3. The highest BCUT2D eigenvalue weighted by Crippen LogP contribution is 2.13. The molecule has 72 valence electrons. The van der Waals surface area contributed by atoms with E-state index in [2.05, 4.69) is 20.5 Å². The normalized spacial score (nSPS) is 10.4. The molecule has 0 unspecified atom stereocenters. The lowest BCUT2D eigenvalue weighted by molar-refractivity contribution is 0.0959. The van der Waals surface area contributed by atoms with Gasteiger partial charge in [0.2, 0.25) is 0 Å². The van der Waals surface area contributed by atoms with Crippen LogP contribution in [0.4, 0.5) is 0 Å². The first-order valence-corrected chi connectivity index (χ1v) is 4.26. The monoisotopic (exact) mass is 190 g/mol. The van der Waals surface area contributed by atoms with Gasteiger partial charge >= 0.3 is 0 Å². The van der Waals surface area contributed by atoms with E-state index in [1.807, 2.05) is 19.1 Å². The SMILES string of the molecule is CNC(=O)c1[nH]nc2nc(C)ccc12. The van der Waals surface area contributed by atoms with Gasteiger partial charge in [0.25, 0.3) is 5.91 Å². The van der Waals surface area contributed by atoms with Gasteiger partial charge in [-0.1, -0.05) is 0 Å². The molecule has 0 aliphatic heterocycles. The highest BCUT2D eigenvalue weighted by atomic mass is 16.1. The topological polar surface area (TPSA) is 70.7 Å². The average Bonchev–Trinajstić information content (AvgIpc) is 2.59. The number of pyridine rings is 1. The van der Waals surface area contributed by atoms with E-state index in [1.165, 1.54) is 0 Å². The molecule has 0 aliphatic carbocycles. The molecule has 2 aromatic rings. The lowest BCUT2D eigenvalue weighted by Gasteiger charge is -1.95. The van der Waals surface area contributed by atoms with Gasteiger partial charge in [-0.2, -0.15) is 5.10 Å². The number of fused-ring (bicyclic) bond motifs is 1. The van der Waals surface area contributed by atoms with Crippen LogP contribution in [0.3, 0.4) is 0 Å². The third-order valence-electron chi connectivity index (χ3n) is 2.01. The fraction of sp³-hybridized carbons (Fsp3) is 0.222. The van der Waals surface area contributed by atoms with E-state index < -0.39 is 0 Å². The van der Waals surface area contributed by atoms with Crippen molar-refractivity contribution in [2.24, 2.45) is 0 Å². The Balaban J connectivity index is 2.64. The van der Waals surface area contributed by atoms with Gasteiger partial charge in [0.15, 0.2) is 5.65 Å². The van der Waals surface area contributed by atoms with E-state index in [-0.39, 0.29) is 5.91 Å². The highest BCUT2D eigenvalue weighted by molar-refractivity contribution is 6.03. The van der Waals surface area contributed by atoms with Crippen LogP contribution >= 0.6 is 0 Å². The second-order valence-corrected chi connectivity index (χ2v) is 3.00. The molecule has 2 heterocycles. The summed E-state index contributed by atoms with van der Waals surface area (Å²) in [4.78, 5) is 15.6. The lowest BCUT2D eigenvalue weighted by Crippen LogP contribution is -2.18. The van der Waals surface area contributed by atoms with E-state index in [0.29, 0.717) is 11.3 Å². The van der Waals surface area contributed by atoms with Gasteiger partial charge in [0.1, 0.15) is 5.69 Å². The molecular weight excluding hydrogens is 180 g/mol. The summed E-state index contributed by atoms with van der Waals surface area (Å²) in [6, 6.07) is 3.69. The van der Waals surface area contributed by atoms with Crippen molar-refractivity contribution in [2.75, 3.05) is 7.05 Å². The second-order valence-electron chi connectivity index (χ2n) is 3.00. The molecule has 0 radical (unpaired) electrons. The zero-order valence-corrected chi connectivity index (χ0v) is 7.96. The zero-order chi connectivity index (χ0) is 10.1. The van der Waals surface area contributed by atoms with Crippen molar-refractivity contribution < 1.29 is 4.79 Å². The number of H-pyrrole nitrogens is 1. The van der Waals surface area contributed by atoms with Crippen LogP contribution in [0.2, 0.25) is 0 Å². The summed E-state index contributed by atoms with van der Waals surface area (Å²) in [5.41, 5.74) is 1.91. The van der Waals surface area contributed by atoms with Crippen LogP contribution in [0.25, 0.3) is 11.0 Å². The molecule has 0 aliphatic rings. The Bertz CT molecular complexity index is 489. The number of nitrogens with one attached hydrogen (secondary N) is 2. The summed E-state index contributed by atoms with van der Waals surface area (Å²) in [6.07, 6.45) is 0. The average molecular weight is 190 g/mol. The molecule has 0 saturated heterocycles. The van der Waals surface area contributed by atoms with Crippen LogP contribution in [0.5, 0.6) is 0 Å². The molecule has 5 nitrogen and oxygen atoms in total. The summed E-state index contributed by atoms with van der Waals surface area (Å²) < 4.78 is 0. The first kappa shape index (κ1) is 8.68. The van der Waals surface area contributed by atoms with E-state index in [9.17, 15) is 4.79 Å². The maximum atomic E-state index is 11.4. The Labute approximate surface area is 80.5 Å². The Morgan fingerprint density at radius 2 is 2.29 bits per heavy atom. The van der Waals surface area contributed by atoms with E-state index >= 15 is 0 Å². The predicted molar refractivity (Wildman–Crippen MR) is 52.0 cm³/mol. The summed E-state index contributed by atoms with van der Waals surface area (Å²) in [5.74, 6) is -0.182. The summed E-state index contributed by atoms with van der Waals surface area (Å²) >= 11 is 0. The van der Waals surface area contributed by atoms with Crippen molar-refractivity contribution in [1.29, 1.82) is 0 Å². The van der Waals surface area contributed by atoms with Crippen molar-refractivity contribution in [3.05, 3.63) is 23.5 Å². The first-order valence-electron chi connectivity index (χ1n) is 4.26. The fourth-order valence-corrected chi connectivity index (χ4v) is 1.29. The molecule has 14 heavy (non-hydrogen) atoms. The molecule has 0 fully saturated rings. The van der Waals surface area contributed by atoms with Crippen LogP contribution < -0.4 is 5.32 Å². The number of aromatic nitrogens is 3. The molecule has 2 N–H and O–H groups in total. The van der Waals surface area contributed by atoms with Gasteiger partial charge < -0.3 is 5.32 Å². The third kappa shape index (κ3) is 1.22. The predicted octanol–water partition coefficient (Wildman–Crippen LogP) is 0.626. The molecule has 0 bridgehead atoms. The number of hydrogen-bond donors (Lipinski definition) is 2. The minimum absolute atomic E-state index is 0.182. The Hall–Kier alpha value is -1.91. The molecule has 1 amide bonds. The van der Waals surface area contributed by atoms with Crippen LogP contribution in [-0.4, -0.2) is 28.1 Å². The fourth-order valence-electron chi connectivity index (χ4n) is 1.29. The zero-order valence-electron chi connectivity index (χ0n) is 7.96. The number of aromatic amines is 1. The molecule has 0 spiro atoms. The molecular formula is C9H10N4O. The number of rotatable bonds is 1. The maximum absolute atomic E-state index is 11.4. The highest BCUT2D eigenvalue weighted by Gasteiger charge is 2.11. The first-order chi connectivity index (χ1) is 6.72. The smallest absolute Gasteiger partial charge is 0.269 e. The van der Waals surface area contributed by atoms with Crippen LogP contribution in [0.1, 0.15) is 16.2 Å². The molecule has 2 rings (SSSR count). The van der Waals surface area contributed by atoms with Crippen molar-refractivity contribution >= 4 is 16.9 Å². The van der Waals surface area contributed by atoms with Gasteiger partial charge in [0, 0.05) is 12.7 Å². The van der Waals surface area contributed by atoms with Gasteiger partial charge in [-0.15, -0.1) is 0 Å². The largest absolute Gasteiger partial charge is 0.354 e. The summed E-state index contributed by atoms with van der Waals surface area (Å²) in [5, 5.41) is 9.90. The Kier molecular flexibility index (Phi) is 1.92. The molecule has 0 aromatic carbocycles. The minimum Gasteiger partial charge on any atom is -0.354 e. The molecule has 0 atom stereocenters. The van der Waals surface area contributed by atoms with Crippen LogP contribution in [0.15, 0.2) is 12.1 Å². The standard InChI is InChI=1S/C9H10N4O/c1-5-3-4-6-7(9(14)10-2)12-13-8(6)11-5/h3-4H,1-2H3,(H,10,14)(H,11,12,13). The van der Waals surface area contributed by atoms with Crippen molar-refractivity contribution in [3.63, 3.8) is 0 Å². The van der Waals surface area contributed by atoms with E-state index in [1.54, 1.807) is 7.05 Å². The van der Waals surface area contributed by atoms with E-state index in [4.69, 9.17) is 0 Å². The molecule has 2 aromatic heterocycles. The summed E-state index contributed by atoms with van der Waals surface area (Å²) in [6.45, 7) is 1.88. The van der Waals surface area contributed by atoms with Gasteiger partial charge in [-0.05, 0) is 19.1 Å². The van der Waals surface area contributed by atoms with E-state index in [0.717, 1.165) is 11.1 Å². The van der Waals surface area contributed by atoms with Crippen molar-refractivity contribution in [2.45, 2.75) is 6.92 Å². The number of amides is 1. The van der Waals surface area contributed by atoms with Gasteiger partial charge in [-0.25, -0.2) is 4.98 Å². The second kappa shape index (κ2) is 3.10. The van der Waals surface area contributed by atoms with Gasteiger partial charge in [0.05, 0.1) is 5.39 Å². The quantitative estimate of drug-likeness (QED) is 0.692. The van der Waals surface area contributed by atoms with Crippen LogP contribution in [-0.2, 0) is 0 Å². The maximum Gasteiger partial charge on any atom is 0.269 e. The van der Waals surface area contributed by atoms with Crippen molar-refractivity contribution in [3.8, 4) is 0 Å². The lowest BCUT2D eigenvalue weighted by atomic mass is 10.2. The number of nitrogens with zero attached hydrogens (tertiary/aromatic N) is 2. The Morgan fingerprint density at radius 1 is 1.50 bits per heavy atom. The number of aryl methyl sites for hydroxylation is 1. The van der Waals surface area contributed by atoms with Crippen LogP contribution in [0, 0.1) is 6.92 Å². The molecule has 5 heteroatoms. The van der Waals surface area contributed by atoms with Crippen molar-refractivity contribution in [1.82, 2.24) is 20.5 Å². The number of carbonyl (C=O) groups is 1. The Morgan fingerprint density at radius 3 is 3.00 bits per heavy atom. The minimum atomic E-state index is -0.182.